The molecule has 0 aliphatic carbocycles. The summed E-state index contributed by atoms with van der Waals surface area (Å²) in [7, 11) is 0. The highest BCUT2D eigenvalue weighted by Crippen LogP contribution is 2.37. The van der Waals surface area contributed by atoms with E-state index in [0.717, 1.165) is 0 Å². The van der Waals surface area contributed by atoms with Crippen LogP contribution >= 0.6 is 0 Å². The number of ether oxygens (including phenoxy) is 3. The lowest BCUT2D eigenvalue weighted by molar-refractivity contribution is -0.164. The molecule has 1 aromatic rings. The van der Waals surface area contributed by atoms with Crippen LogP contribution in [0.25, 0.3) is 0 Å². The van der Waals surface area contributed by atoms with E-state index in [9.17, 15) is 14.4 Å². The zero-order valence-electron chi connectivity index (χ0n) is 14.7. The minimum absolute atomic E-state index is 0.00839. The zero-order valence-corrected chi connectivity index (χ0v) is 14.7. The first kappa shape index (κ1) is 18.1. The third-order valence-electron chi connectivity index (χ3n) is 4.25. The quantitative estimate of drug-likeness (QED) is 0.729. The number of hydrogen-bond acceptors (Lipinski definition) is 9. The van der Waals surface area contributed by atoms with Gasteiger partial charge in [-0.15, -0.1) is 0 Å². The molecule has 2 aliphatic heterocycles. The third-order valence-corrected chi connectivity index (χ3v) is 4.25. The van der Waals surface area contributed by atoms with E-state index in [0.29, 0.717) is 17.8 Å². The van der Waals surface area contributed by atoms with E-state index in [-0.39, 0.29) is 18.3 Å². The van der Waals surface area contributed by atoms with Crippen molar-refractivity contribution in [2.45, 2.75) is 58.2 Å². The predicted molar refractivity (Wildman–Crippen MR) is 87.7 cm³/mol. The molecular weight excluding hydrogens is 344 g/mol. The molecule has 1 amide bonds. The average Bonchev–Trinajstić information content (AvgIpc) is 3.03. The predicted octanol–water partition coefficient (Wildman–Crippen LogP) is -0.0538. The molecule has 0 saturated carbocycles. The van der Waals surface area contributed by atoms with Crippen LogP contribution in [0.5, 0.6) is 0 Å². The lowest BCUT2D eigenvalue weighted by atomic mass is 10.1. The van der Waals surface area contributed by atoms with Gasteiger partial charge in [0.1, 0.15) is 11.9 Å². The molecule has 2 N–H and O–H groups in total. The maximum Gasteiger partial charge on any atom is 0.303 e. The van der Waals surface area contributed by atoms with Crippen molar-refractivity contribution in [1.29, 1.82) is 0 Å². The summed E-state index contributed by atoms with van der Waals surface area (Å²) in [6, 6.07) is 0. The molecule has 1 saturated heterocycles. The molecule has 3 rings (SSSR count). The lowest BCUT2D eigenvalue weighted by Crippen LogP contribution is -2.49. The average molecular weight is 364 g/mol. The van der Waals surface area contributed by atoms with E-state index in [4.69, 9.17) is 19.9 Å². The van der Waals surface area contributed by atoms with Crippen molar-refractivity contribution in [2.24, 2.45) is 0 Å². The molecule has 10 heteroatoms. The Balaban J connectivity index is 1.99. The Labute approximate surface area is 149 Å². The van der Waals surface area contributed by atoms with Crippen molar-refractivity contribution in [3.05, 3.63) is 11.8 Å². The van der Waals surface area contributed by atoms with Crippen LogP contribution in [0.15, 0.2) is 6.20 Å². The Bertz CT molecular complexity index is 754. The third kappa shape index (κ3) is 3.19. The summed E-state index contributed by atoms with van der Waals surface area (Å²) in [5.74, 6) is -1.08. The Kier molecular flexibility index (Phi) is 4.77. The number of hydrogen-bond donors (Lipinski definition) is 1. The van der Waals surface area contributed by atoms with Crippen LogP contribution in [-0.4, -0.2) is 52.4 Å². The van der Waals surface area contributed by atoms with E-state index < -0.39 is 36.5 Å². The van der Waals surface area contributed by atoms with Crippen LogP contribution in [0.4, 0.5) is 11.8 Å². The first-order valence-corrected chi connectivity index (χ1v) is 8.25. The minimum atomic E-state index is -0.979. The topological polar surface area (TPSA) is 134 Å². The molecule has 0 bridgehead atoms. The van der Waals surface area contributed by atoms with Crippen molar-refractivity contribution in [1.82, 2.24) is 9.97 Å². The summed E-state index contributed by atoms with van der Waals surface area (Å²) in [5, 5.41) is 0. The van der Waals surface area contributed by atoms with Crippen molar-refractivity contribution >= 4 is 29.6 Å². The maximum atomic E-state index is 12.6. The second-order valence-corrected chi connectivity index (χ2v) is 6.14. The van der Waals surface area contributed by atoms with Gasteiger partial charge in [-0.2, -0.15) is 4.98 Å². The van der Waals surface area contributed by atoms with Gasteiger partial charge in [-0.1, -0.05) is 6.92 Å². The number of carbonyl (C=O) groups is 3. The van der Waals surface area contributed by atoms with Gasteiger partial charge in [-0.05, 0) is 6.42 Å². The minimum Gasteiger partial charge on any atom is -0.456 e. The van der Waals surface area contributed by atoms with Gasteiger partial charge in [0.05, 0.1) is 6.42 Å². The number of nitrogens with two attached hydrogens (primary N) is 1. The molecule has 3 heterocycles. The van der Waals surface area contributed by atoms with Gasteiger partial charge >= 0.3 is 11.9 Å². The van der Waals surface area contributed by atoms with Crippen LogP contribution < -0.4 is 10.6 Å². The molecule has 4 atom stereocenters. The lowest BCUT2D eigenvalue weighted by Gasteiger charge is -2.28. The van der Waals surface area contributed by atoms with Crippen LogP contribution in [0.3, 0.4) is 0 Å². The van der Waals surface area contributed by atoms with Gasteiger partial charge in [0, 0.05) is 25.6 Å². The number of anilines is 2. The van der Waals surface area contributed by atoms with Crippen molar-refractivity contribution in [3.63, 3.8) is 0 Å². The van der Waals surface area contributed by atoms with E-state index in [1.165, 1.54) is 24.9 Å². The Morgan fingerprint density at radius 3 is 2.58 bits per heavy atom. The standard InChI is InChI=1S/C16H20N4O6/c1-4-10-12(24-7(2)21)13(25-8(3)22)15(26-10)20-11(23)5-9-6-18-16(17)19-14(9)20/h6,10,12-13,15H,4-5H2,1-3H3,(H2,17,18,19)/t10-,12+,13-,15-/m1/s1. The summed E-state index contributed by atoms with van der Waals surface area (Å²) in [5.41, 5.74) is 6.24. The van der Waals surface area contributed by atoms with Crippen molar-refractivity contribution in [2.75, 3.05) is 10.6 Å². The molecule has 0 spiro atoms. The monoisotopic (exact) mass is 364 g/mol. The van der Waals surface area contributed by atoms with Crippen molar-refractivity contribution < 1.29 is 28.6 Å². The highest BCUT2D eigenvalue weighted by molar-refractivity contribution is 6.00. The van der Waals surface area contributed by atoms with Gasteiger partial charge in [-0.3, -0.25) is 19.3 Å². The molecule has 2 aliphatic rings. The highest BCUT2D eigenvalue weighted by Gasteiger charge is 2.53. The number of nitrogen functional groups attached to an aromatic ring is 1. The second kappa shape index (κ2) is 6.87. The molecule has 0 radical (unpaired) electrons. The summed E-state index contributed by atoms with van der Waals surface area (Å²) >= 11 is 0. The maximum absolute atomic E-state index is 12.6. The Morgan fingerprint density at radius 2 is 1.96 bits per heavy atom. The molecular formula is C16H20N4O6. The van der Waals surface area contributed by atoms with E-state index in [1.54, 1.807) is 0 Å². The van der Waals surface area contributed by atoms with Gasteiger partial charge < -0.3 is 19.9 Å². The van der Waals surface area contributed by atoms with Gasteiger partial charge in [-0.25, -0.2) is 4.98 Å². The van der Waals surface area contributed by atoms with Gasteiger partial charge in [0.25, 0.3) is 0 Å². The number of esters is 2. The summed E-state index contributed by atoms with van der Waals surface area (Å²) in [6.45, 7) is 4.34. The molecule has 10 nitrogen and oxygen atoms in total. The van der Waals surface area contributed by atoms with Crippen molar-refractivity contribution in [3.8, 4) is 0 Å². The Morgan fingerprint density at radius 1 is 1.31 bits per heavy atom. The molecule has 0 unspecified atom stereocenters. The van der Waals surface area contributed by atoms with E-state index >= 15 is 0 Å². The number of fused-ring (bicyclic) bond motifs is 1. The van der Waals surface area contributed by atoms with Gasteiger partial charge in [0.15, 0.2) is 18.4 Å². The summed E-state index contributed by atoms with van der Waals surface area (Å²) in [6.07, 6.45) is -1.27. The molecule has 0 aromatic carbocycles. The SMILES string of the molecule is CC[C@H]1O[C@@H](N2C(=O)Cc3cnc(N)nc32)[C@H](OC(C)=O)[C@H]1OC(C)=O. The van der Waals surface area contributed by atoms with Crippen LogP contribution in [0, 0.1) is 0 Å². The first-order chi connectivity index (χ1) is 12.3. The molecule has 26 heavy (non-hydrogen) atoms. The fraction of sp³-hybridized carbons (Fsp3) is 0.562. The first-order valence-electron chi connectivity index (χ1n) is 8.25. The zero-order chi connectivity index (χ0) is 19.0. The van der Waals surface area contributed by atoms with Crippen LogP contribution in [0.1, 0.15) is 32.8 Å². The normalized spacial score (nSPS) is 27.3. The number of carbonyl (C=O) groups excluding carboxylic acids is 3. The van der Waals surface area contributed by atoms with Crippen LogP contribution in [-0.2, 0) is 35.0 Å². The highest BCUT2D eigenvalue weighted by atomic mass is 16.6. The molecule has 1 aromatic heterocycles. The van der Waals surface area contributed by atoms with Gasteiger partial charge in [0.2, 0.25) is 11.9 Å². The fourth-order valence-corrected chi connectivity index (χ4v) is 3.27. The van der Waals surface area contributed by atoms with Crippen LogP contribution in [0.2, 0.25) is 0 Å². The summed E-state index contributed by atoms with van der Waals surface area (Å²) < 4.78 is 16.6. The number of rotatable bonds is 4. The smallest absolute Gasteiger partial charge is 0.303 e. The molecule has 1 fully saturated rings. The number of aromatic nitrogens is 2. The fourth-order valence-electron chi connectivity index (χ4n) is 3.27. The number of nitrogens with zero attached hydrogens (tertiary/aromatic N) is 3. The van der Waals surface area contributed by atoms with E-state index in [1.807, 2.05) is 6.92 Å². The van der Waals surface area contributed by atoms with E-state index in [2.05, 4.69) is 9.97 Å². The number of amides is 1. The largest absolute Gasteiger partial charge is 0.456 e. The summed E-state index contributed by atoms with van der Waals surface area (Å²) in [4.78, 5) is 45.0. The molecule has 140 valence electrons. The Hall–Kier alpha value is -2.75. The second-order valence-electron chi connectivity index (χ2n) is 6.14.